The minimum Gasteiger partial charge on any atom is -0.347 e. The molecule has 1 unspecified atom stereocenters. The van der Waals surface area contributed by atoms with Crippen LogP contribution in [-0.2, 0) is 16.7 Å². The molecule has 11 heteroatoms. The molecule has 0 fully saturated rings. The van der Waals surface area contributed by atoms with E-state index in [1.165, 1.54) is 17.4 Å². The van der Waals surface area contributed by atoms with E-state index in [4.69, 9.17) is 4.55 Å². The first-order valence-electron chi connectivity index (χ1n) is 8.28. The Kier molecular flexibility index (Phi) is 5.77. The molecule has 0 saturated heterocycles. The molecule has 2 heterocycles. The van der Waals surface area contributed by atoms with Crippen molar-refractivity contribution in [1.82, 2.24) is 15.0 Å². The van der Waals surface area contributed by atoms with Gasteiger partial charge in [0.1, 0.15) is 0 Å². The molecule has 0 saturated carbocycles. The molecule has 9 nitrogen and oxygen atoms in total. The van der Waals surface area contributed by atoms with Crippen molar-refractivity contribution in [3.8, 4) is 0 Å². The molecule has 0 aliphatic rings. The summed E-state index contributed by atoms with van der Waals surface area (Å²) in [4.78, 5) is 23.2. The highest BCUT2D eigenvalue weighted by molar-refractivity contribution is 7.87. The van der Waals surface area contributed by atoms with E-state index in [9.17, 15) is 13.2 Å². The predicted molar refractivity (Wildman–Crippen MR) is 108 cm³/mol. The van der Waals surface area contributed by atoms with E-state index in [0.717, 1.165) is 16.3 Å². The fourth-order valence-corrected chi connectivity index (χ4v) is 3.78. The summed E-state index contributed by atoms with van der Waals surface area (Å²) in [5.74, 6) is 0.352. The van der Waals surface area contributed by atoms with E-state index in [1.54, 1.807) is 31.2 Å². The van der Waals surface area contributed by atoms with Crippen molar-refractivity contribution in [3.63, 3.8) is 0 Å². The van der Waals surface area contributed by atoms with Gasteiger partial charge in [-0.25, -0.2) is 9.97 Å². The van der Waals surface area contributed by atoms with Crippen molar-refractivity contribution < 1.29 is 13.0 Å². The SMILES string of the molecule is Cc1cc(=O)[nH]c(NC(Cc2ccc(NS(=O)(=O)O)cc2)c2csc(C)n2)n1. The van der Waals surface area contributed by atoms with Gasteiger partial charge < -0.3 is 5.32 Å². The van der Waals surface area contributed by atoms with Gasteiger partial charge >= 0.3 is 10.3 Å². The minimum atomic E-state index is -4.32. The predicted octanol–water partition coefficient (Wildman–Crippen LogP) is 2.45. The summed E-state index contributed by atoms with van der Waals surface area (Å²) in [5, 5.41) is 6.07. The summed E-state index contributed by atoms with van der Waals surface area (Å²) in [7, 11) is -4.32. The van der Waals surface area contributed by atoms with Gasteiger partial charge in [0.05, 0.1) is 22.4 Å². The van der Waals surface area contributed by atoms with E-state index in [1.807, 2.05) is 17.0 Å². The molecule has 0 aliphatic heterocycles. The summed E-state index contributed by atoms with van der Waals surface area (Å²) in [5.41, 5.74) is 2.32. The molecule has 3 aromatic rings. The lowest BCUT2D eigenvalue weighted by Crippen LogP contribution is -2.19. The molecule has 1 atom stereocenters. The van der Waals surface area contributed by atoms with Crippen LogP contribution in [-0.4, -0.2) is 27.9 Å². The van der Waals surface area contributed by atoms with Gasteiger partial charge in [0.25, 0.3) is 5.56 Å². The number of nitrogens with zero attached hydrogens (tertiary/aromatic N) is 2. The summed E-state index contributed by atoms with van der Waals surface area (Å²) in [6.45, 7) is 3.65. The molecule has 0 spiro atoms. The highest BCUT2D eigenvalue weighted by Gasteiger charge is 2.17. The third-order valence-corrected chi connectivity index (χ3v) is 5.10. The zero-order chi connectivity index (χ0) is 20.3. The fraction of sp³-hybridized carbons (Fsp3) is 0.235. The Bertz CT molecular complexity index is 1120. The molecular weight excluding hydrogens is 402 g/mol. The zero-order valence-corrected chi connectivity index (χ0v) is 16.8. The maximum absolute atomic E-state index is 11.7. The monoisotopic (exact) mass is 421 g/mol. The Hall–Kier alpha value is -2.76. The Balaban J connectivity index is 1.84. The molecule has 0 bridgehead atoms. The Morgan fingerprint density at radius 1 is 1.21 bits per heavy atom. The van der Waals surface area contributed by atoms with Gasteiger partial charge in [-0.3, -0.25) is 19.1 Å². The lowest BCUT2D eigenvalue weighted by atomic mass is 10.0. The van der Waals surface area contributed by atoms with Gasteiger partial charge in [-0.15, -0.1) is 11.3 Å². The average molecular weight is 422 g/mol. The standard InChI is InChI=1S/C17H19N5O4S2/c1-10-7-16(23)21-17(18-10)20-14(15-9-27-11(2)19-15)8-12-3-5-13(6-4-12)22-28(24,25)26/h3-7,9,14,22H,8H2,1-2H3,(H,24,25,26)(H2,18,20,21,23). The van der Waals surface area contributed by atoms with Crippen LogP contribution in [0.3, 0.4) is 0 Å². The molecule has 0 amide bonds. The second-order valence-corrected chi connectivity index (χ2v) is 8.42. The second-order valence-electron chi connectivity index (χ2n) is 6.20. The van der Waals surface area contributed by atoms with Gasteiger partial charge in [0.2, 0.25) is 5.95 Å². The topological polar surface area (TPSA) is 137 Å². The molecule has 2 aromatic heterocycles. The van der Waals surface area contributed by atoms with E-state index in [0.29, 0.717) is 18.1 Å². The smallest absolute Gasteiger partial charge is 0.347 e. The molecule has 1 aromatic carbocycles. The van der Waals surface area contributed by atoms with Gasteiger partial charge in [-0.2, -0.15) is 8.42 Å². The Morgan fingerprint density at radius 2 is 1.93 bits per heavy atom. The number of benzene rings is 1. The first kappa shape index (κ1) is 20.0. The first-order chi connectivity index (χ1) is 13.2. The van der Waals surface area contributed by atoms with Crippen molar-refractivity contribution in [1.29, 1.82) is 0 Å². The minimum absolute atomic E-state index is 0.246. The third kappa shape index (κ3) is 5.62. The lowest BCUT2D eigenvalue weighted by molar-refractivity contribution is 0.489. The number of aromatic amines is 1. The summed E-state index contributed by atoms with van der Waals surface area (Å²) < 4.78 is 32.7. The number of hydrogen-bond donors (Lipinski definition) is 4. The Labute approximate surface area is 165 Å². The van der Waals surface area contributed by atoms with E-state index < -0.39 is 10.3 Å². The molecule has 0 radical (unpaired) electrons. The molecule has 3 rings (SSSR count). The summed E-state index contributed by atoms with van der Waals surface area (Å²) in [6.07, 6.45) is 0.521. The van der Waals surface area contributed by atoms with Crippen molar-refractivity contribution in [2.45, 2.75) is 26.3 Å². The number of aryl methyl sites for hydroxylation is 2. The van der Waals surface area contributed by atoms with Crippen LogP contribution in [0.5, 0.6) is 0 Å². The van der Waals surface area contributed by atoms with Crippen LogP contribution in [0.4, 0.5) is 11.6 Å². The van der Waals surface area contributed by atoms with Crippen LogP contribution in [0.1, 0.15) is 28.0 Å². The van der Waals surface area contributed by atoms with Crippen molar-refractivity contribution >= 4 is 33.3 Å². The number of aromatic nitrogens is 3. The number of hydrogen-bond acceptors (Lipinski definition) is 7. The van der Waals surface area contributed by atoms with Gasteiger partial charge in [-0.1, -0.05) is 12.1 Å². The lowest BCUT2D eigenvalue weighted by Gasteiger charge is -2.18. The largest absolute Gasteiger partial charge is 0.357 e. The first-order valence-corrected chi connectivity index (χ1v) is 10.6. The van der Waals surface area contributed by atoms with Crippen LogP contribution in [0, 0.1) is 13.8 Å². The normalized spacial score (nSPS) is 12.5. The maximum Gasteiger partial charge on any atom is 0.357 e. The van der Waals surface area contributed by atoms with Crippen LogP contribution in [0.25, 0.3) is 0 Å². The van der Waals surface area contributed by atoms with E-state index in [2.05, 4.69) is 20.3 Å². The Morgan fingerprint density at radius 3 is 2.50 bits per heavy atom. The second kappa shape index (κ2) is 8.09. The summed E-state index contributed by atoms with van der Waals surface area (Å²) >= 11 is 1.52. The number of nitrogens with one attached hydrogen (secondary N) is 3. The molecule has 28 heavy (non-hydrogen) atoms. The maximum atomic E-state index is 11.7. The number of rotatable bonds is 7. The molecular formula is C17H19N5O4S2. The number of H-pyrrole nitrogens is 1. The van der Waals surface area contributed by atoms with Crippen LogP contribution < -0.4 is 15.6 Å². The molecule has 148 valence electrons. The molecule has 4 N–H and O–H groups in total. The van der Waals surface area contributed by atoms with Gasteiger partial charge in [-0.05, 0) is 38.0 Å². The van der Waals surface area contributed by atoms with Crippen molar-refractivity contribution in [2.75, 3.05) is 10.0 Å². The van der Waals surface area contributed by atoms with Gasteiger partial charge in [0, 0.05) is 17.1 Å². The van der Waals surface area contributed by atoms with Crippen molar-refractivity contribution in [3.05, 3.63) is 68.0 Å². The zero-order valence-electron chi connectivity index (χ0n) is 15.1. The molecule has 0 aliphatic carbocycles. The number of thiazole rings is 1. The average Bonchev–Trinajstić information content (AvgIpc) is 3.00. The van der Waals surface area contributed by atoms with Crippen molar-refractivity contribution in [2.24, 2.45) is 0 Å². The fourth-order valence-electron chi connectivity index (χ4n) is 2.68. The van der Waals surface area contributed by atoms with Gasteiger partial charge in [0.15, 0.2) is 0 Å². The van der Waals surface area contributed by atoms with Crippen LogP contribution in [0.2, 0.25) is 0 Å². The quantitative estimate of drug-likeness (QED) is 0.430. The van der Waals surface area contributed by atoms with E-state index >= 15 is 0 Å². The third-order valence-electron chi connectivity index (χ3n) is 3.82. The number of anilines is 2. The summed E-state index contributed by atoms with van der Waals surface area (Å²) in [6, 6.07) is 7.75. The van der Waals surface area contributed by atoms with Crippen LogP contribution >= 0.6 is 11.3 Å². The highest BCUT2D eigenvalue weighted by Crippen LogP contribution is 2.24. The van der Waals surface area contributed by atoms with Crippen LogP contribution in [0.15, 0.2) is 40.5 Å². The van der Waals surface area contributed by atoms with E-state index in [-0.39, 0.29) is 17.3 Å². The highest BCUT2D eigenvalue weighted by atomic mass is 32.2.